The van der Waals surface area contributed by atoms with Gasteiger partial charge in [-0.1, -0.05) is 31.4 Å². The third kappa shape index (κ3) is 4.32. The fraction of sp³-hybridized carbons (Fsp3) is 0.360. The molecule has 6 nitrogen and oxygen atoms in total. The number of nitrogens with zero attached hydrogens (tertiary/aromatic N) is 2. The number of benzene rings is 2. The maximum atomic E-state index is 12.7. The predicted octanol–water partition coefficient (Wildman–Crippen LogP) is 5.20. The Bertz CT molecular complexity index is 1150. The molecular formula is C25H27ClN4O2. The van der Waals surface area contributed by atoms with Crippen LogP contribution in [0.3, 0.4) is 0 Å². The van der Waals surface area contributed by atoms with Crippen LogP contribution in [-0.2, 0) is 0 Å². The Labute approximate surface area is 193 Å². The van der Waals surface area contributed by atoms with Crippen molar-refractivity contribution in [3.05, 3.63) is 58.7 Å². The number of hydrogen-bond donors (Lipinski definition) is 3. The number of likely N-dealkylation sites (tertiary alicyclic amines) is 1. The van der Waals surface area contributed by atoms with E-state index in [0.29, 0.717) is 18.1 Å². The van der Waals surface area contributed by atoms with Gasteiger partial charge in [0.25, 0.3) is 0 Å². The van der Waals surface area contributed by atoms with E-state index in [1.165, 1.54) is 0 Å². The minimum atomic E-state index is -0.718. The van der Waals surface area contributed by atoms with Crippen LogP contribution in [0.4, 0.5) is 10.5 Å². The van der Waals surface area contributed by atoms with Crippen molar-refractivity contribution in [1.82, 2.24) is 15.1 Å². The summed E-state index contributed by atoms with van der Waals surface area (Å²) in [6.45, 7) is 5.41. The average Bonchev–Trinajstić information content (AvgIpc) is 3.27. The lowest BCUT2D eigenvalue weighted by Gasteiger charge is -2.43. The Hall–Kier alpha value is -3.01. The molecule has 4 rings (SSSR count). The number of aliphatic hydroxyl groups is 1. The van der Waals surface area contributed by atoms with E-state index in [4.69, 9.17) is 18.0 Å². The van der Waals surface area contributed by atoms with Gasteiger partial charge in [-0.15, -0.1) is 6.42 Å². The van der Waals surface area contributed by atoms with Crippen LogP contribution in [0.2, 0.25) is 5.02 Å². The molecule has 0 spiro atoms. The monoisotopic (exact) mass is 450 g/mol. The molecule has 1 aliphatic heterocycles. The molecular weight excluding hydrogens is 424 g/mol. The minimum absolute atomic E-state index is 0.121. The summed E-state index contributed by atoms with van der Waals surface area (Å²) in [5, 5.41) is 22.8. The van der Waals surface area contributed by atoms with Crippen LogP contribution in [0.1, 0.15) is 43.9 Å². The van der Waals surface area contributed by atoms with Crippen LogP contribution in [-0.4, -0.2) is 39.3 Å². The number of fused-ring (bicyclic) bond motifs is 1. The van der Waals surface area contributed by atoms with Crippen molar-refractivity contribution in [2.45, 2.75) is 32.8 Å². The smallest absolute Gasteiger partial charge is 0.321 e. The van der Waals surface area contributed by atoms with Gasteiger partial charge < -0.3 is 15.3 Å². The quantitative estimate of drug-likeness (QED) is 0.478. The predicted molar refractivity (Wildman–Crippen MR) is 128 cm³/mol. The molecule has 2 amide bonds. The second-order valence-electron chi connectivity index (χ2n) is 8.97. The van der Waals surface area contributed by atoms with Gasteiger partial charge in [0, 0.05) is 40.3 Å². The van der Waals surface area contributed by atoms with Gasteiger partial charge in [-0.3, -0.25) is 5.10 Å². The molecule has 1 aliphatic rings. The zero-order chi connectivity index (χ0) is 22.9. The van der Waals surface area contributed by atoms with Gasteiger partial charge in [0.05, 0.1) is 17.8 Å². The molecule has 1 fully saturated rings. The summed E-state index contributed by atoms with van der Waals surface area (Å²) in [4.78, 5) is 14.5. The SMILES string of the molecule is C#Cc1ccc(NC(=O)N2CCC(C(C)(C)[C@H](O)c3cc(Cl)cc4cn[nH]c34)CC2)cc1. The first-order chi connectivity index (χ1) is 15.3. The molecule has 2 aromatic carbocycles. The number of H-pyrrole nitrogens is 1. The topological polar surface area (TPSA) is 81.2 Å². The molecule has 0 unspecified atom stereocenters. The van der Waals surface area contributed by atoms with E-state index in [-0.39, 0.29) is 11.9 Å². The first-order valence-electron chi connectivity index (χ1n) is 10.7. The highest BCUT2D eigenvalue weighted by Crippen LogP contribution is 2.46. The van der Waals surface area contributed by atoms with Crippen molar-refractivity contribution >= 4 is 34.2 Å². The Morgan fingerprint density at radius 1 is 1.31 bits per heavy atom. The first-order valence-corrected chi connectivity index (χ1v) is 11.1. The largest absolute Gasteiger partial charge is 0.388 e. The normalized spacial score (nSPS) is 16.0. The number of aromatic nitrogens is 2. The second-order valence-corrected chi connectivity index (χ2v) is 9.40. The van der Waals surface area contributed by atoms with E-state index in [1.54, 1.807) is 30.5 Å². The summed E-state index contributed by atoms with van der Waals surface area (Å²) in [5.74, 6) is 2.81. The number of carbonyl (C=O) groups is 1. The van der Waals surface area contributed by atoms with Gasteiger partial charge in [0.15, 0.2) is 0 Å². The number of piperidine rings is 1. The summed E-state index contributed by atoms with van der Waals surface area (Å²) in [6.07, 6.45) is 7.98. The molecule has 1 atom stereocenters. The van der Waals surface area contributed by atoms with Crippen molar-refractivity contribution in [3.8, 4) is 12.3 Å². The van der Waals surface area contributed by atoms with Gasteiger partial charge in [-0.25, -0.2) is 4.79 Å². The second kappa shape index (κ2) is 8.85. The van der Waals surface area contributed by atoms with Crippen LogP contribution in [0.15, 0.2) is 42.6 Å². The molecule has 7 heteroatoms. The van der Waals surface area contributed by atoms with Crippen LogP contribution >= 0.6 is 11.6 Å². The first kappa shape index (κ1) is 22.2. The lowest BCUT2D eigenvalue weighted by molar-refractivity contribution is -0.0138. The van der Waals surface area contributed by atoms with E-state index in [1.807, 2.05) is 17.0 Å². The molecule has 0 saturated carbocycles. The molecule has 166 valence electrons. The van der Waals surface area contributed by atoms with Crippen molar-refractivity contribution in [2.24, 2.45) is 11.3 Å². The average molecular weight is 451 g/mol. The summed E-state index contributed by atoms with van der Waals surface area (Å²) in [5.41, 5.74) is 2.65. The molecule has 32 heavy (non-hydrogen) atoms. The summed E-state index contributed by atoms with van der Waals surface area (Å²) in [6, 6.07) is 10.7. The van der Waals surface area contributed by atoms with E-state index < -0.39 is 11.5 Å². The lowest BCUT2D eigenvalue weighted by atomic mass is 9.68. The standard InChI is InChI=1S/C25H27ClN4O2/c1-4-16-5-7-20(8-6-16)28-24(32)30-11-9-18(10-12-30)25(2,3)23(31)21-14-19(26)13-17-15-27-29-22(17)21/h1,5-8,13-15,18,23,31H,9-12H2,2-3H3,(H,27,29)(H,28,32)/t23-/m1/s1. The molecule has 2 heterocycles. The molecule has 1 aromatic heterocycles. The Kier molecular flexibility index (Phi) is 6.14. The zero-order valence-electron chi connectivity index (χ0n) is 18.2. The van der Waals surface area contributed by atoms with Crippen LogP contribution in [0.25, 0.3) is 10.9 Å². The maximum absolute atomic E-state index is 12.7. The van der Waals surface area contributed by atoms with Gasteiger partial charge in [-0.2, -0.15) is 5.10 Å². The van der Waals surface area contributed by atoms with Crippen LogP contribution in [0.5, 0.6) is 0 Å². The van der Waals surface area contributed by atoms with Crippen LogP contribution in [0, 0.1) is 23.7 Å². The summed E-state index contributed by atoms with van der Waals surface area (Å²) < 4.78 is 0. The van der Waals surface area contributed by atoms with Gasteiger partial charge >= 0.3 is 6.03 Å². The van der Waals surface area contributed by atoms with E-state index in [9.17, 15) is 9.90 Å². The van der Waals surface area contributed by atoms with Gasteiger partial charge in [-0.05, 0) is 60.6 Å². The Morgan fingerprint density at radius 3 is 2.66 bits per heavy atom. The van der Waals surface area contributed by atoms with Gasteiger partial charge in [0.1, 0.15) is 0 Å². The van der Waals surface area contributed by atoms with Crippen molar-refractivity contribution in [1.29, 1.82) is 0 Å². The molecule has 0 radical (unpaired) electrons. The number of aliphatic hydroxyl groups excluding tert-OH is 1. The highest BCUT2D eigenvalue weighted by Gasteiger charge is 2.40. The number of urea groups is 1. The van der Waals surface area contributed by atoms with Crippen molar-refractivity contribution in [2.75, 3.05) is 18.4 Å². The molecule has 1 saturated heterocycles. The lowest BCUT2D eigenvalue weighted by Crippen LogP contribution is -2.45. The minimum Gasteiger partial charge on any atom is -0.388 e. The maximum Gasteiger partial charge on any atom is 0.321 e. The molecule has 0 aliphatic carbocycles. The summed E-state index contributed by atoms with van der Waals surface area (Å²) >= 11 is 6.28. The number of carbonyl (C=O) groups excluding carboxylic acids is 1. The third-order valence-corrected chi connectivity index (χ3v) is 6.90. The summed E-state index contributed by atoms with van der Waals surface area (Å²) in [7, 11) is 0. The highest BCUT2D eigenvalue weighted by atomic mass is 35.5. The third-order valence-electron chi connectivity index (χ3n) is 6.68. The number of rotatable bonds is 4. The molecule has 3 N–H and O–H groups in total. The number of aromatic amines is 1. The number of halogens is 1. The highest BCUT2D eigenvalue weighted by molar-refractivity contribution is 6.31. The zero-order valence-corrected chi connectivity index (χ0v) is 19.0. The van der Waals surface area contributed by atoms with Gasteiger partial charge in [0.2, 0.25) is 0 Å². The number of nitrogens with one attached hydrogen (secondary N) is 2. The van der Waals surface area contributed by atoms with E-state index in [0.717, 1.165) is 40.6 Å². The van der Waals surface area contributed by atoms with E-state index >= 15 is 0 Å². The van der Waals surface area contributed by atoms with Crippen molar-refractivity contribution in [3.63, 3.8) is 0 Å². The number of terminal acetylenes is 1. The number of anilines is 1. The number of hydrogen-bond acceptors (Lipinski definition) is 3. The molecule has 0 bridgehead atoms. The Morgan fingerprint density at radius 2 is 2.00 bits per heavy atom. The fourth-order valence-electron chi connectivity index (χ4n) is 4.57. The van der Waals surface area contributed by atoms with Crippen LogP contribution < -0.4 is 5.32 Å². The molecule has 3 aromatic rings. The fourth-order valence-corrected chi connectivity index (χ4v) is 4.80. The van der Waals surface area contributed by atoms with Crippen molar-refractivity contribution < 1.29 is 9.90 Å². The van der Waals surface area contributed by atoms with E-state index in [2.05, 4.69) is 35.3 Å². The number of amides is 2. The Balaban J connectivity index is 1.41.